The zero-order valence-electron chi connectivity index (χ0n) is 15.2. The lowest BCUT2D eigenvalue weighted by atomic mass is 10.3. The molecule has 0 unspecified atom stereocenters. The number of benzene rings is 1. The number of carbonyl (C=O) groups excluding carboxylic acids is 2. The Balaban J connectivity index is 1.54. The molecule has 0 aliphatic heterocycles. The molecule has 3 rings (SSSR count). The molecule has 2 N–H and O–H groups in total. The molecule has 29 heavy (non-hydrogen) atoms. The maximum atomic E-state index is 12.0. The largest absolute Gasteiger partial charge is 0.484 e. The average molecular weight is 416 g/mol. The number of nitrogens with one attached hydrogen (secondary N) is 2. The summed E-state index contributed by atoms with van der Waals surface area (Å²) in [6.07, 6.45) is 0. The number of hydrogen-bond donors (Lipinski definition) is 2. The Morgan fingerprint density at radius 2 is 2.14 bits per heavy atom. The molecule has 0 aliphatic rings. The number of hydrogen-bond acceptors (Lipinski definition) is 8. The van der Waals surface area contributed by atoms with Gasteiger partial charge in [0, 0.05) is 18.4 Å². The average Bonchev–Trinajstić information content (AvgIpc) is 3.34. The van der Waals surface area contributed by atoms with Gasteiger partial charge in [0.2, 0.25) is 5.91 Å². The van der Waals surface area contributed by atoms with Gasteiger partial charge in [0.25, 0.3) is 11.6 Å². The van der Waals surface area contributed by atoms with Gasteiger partial charge in [-0.2, -0.15) is 0 Å². The molecule has 1 aromatic carbocycles. The molecule has 11 heteroatoms. The molecule has 3 aromatic rings. The minimum Gasteiger partial charge on any atom is -0.484 e. The minimum absolute atomic E-state index is 0.121. The van der Waals surface area contributed by atoms with Crippen molar-refractivity contribution >= 4 is 34.0 Å². The van der Waals surface area contributed by atoms with Crippen molar-refractivity contribution in [1.82, 2.24) is 10.3 Å². The molecule has 150 valence electrons. The zero-order chi connectivity index (χ0) is 20.8. The van der Waals surface area contributed by atoms with Crippen LogP contribution in [-0.4, -0.2) is 28.3 Å². The topological polar surface area (TPSA) is 137 Å². The van der Waals surface area contributed by atoms with Crippen LogP contribution in [0.15, 0.2) is 46.2 Å². The molecular formula is C18H16N4O6S. The van der Waals surface area contributed by atoms with Crippen LogP contribution in [0.25, 0.3) is 11.5 Å². The lowest BCUT2D eigenvalue weighted by Crippen LogP contribution is -2.20. The normalized spacial score (nSPS) is 10.4. The number of nitro benzene ring substituents is 1. The number of ether oxygens (including phenoxy) is 1. The summed E-state index contributed by atoms with van der Waals surface area (Å²) < 4.78 is 10.9. The molecule has 0 fully saturated rings. The van der Waals surface area contributed by atoms with Gasteiger partial charge >= 0.3 is 0 Å². The molecule has 0 bridgehead atoms. The molecule has 2 amide bonds. The molecule has 0 aliphatic carbocycles. The van der Waals surface area contributed by atoms with E-state index in [1.54, 1.807) is 17.5 Å². The number of carbonyl (C=O) groups is 2. The molecular weight excluding hydrogens is 400 g/mol. The fourth-order valence-electron chi connectivity index (χ4n) is 2.26. The molecule has 2 heterocycles. The van der Waals surface area contributed by atoms with Crippen LogP contribution in [0.4, 0.5) is 10.8 Å². The van der Waals surface area contributed by atoms with E-state index in [0.29, 0.717) is 22.3 Å². The highest BCUT2D eigenvalue weighted by Gasteiger charge is 2.13. The van der Waals surface area contributed by atoms with E-state index >= 15 is 0 Å². The number of nitrogens with zero attached hydrogens (tertiary/aromatic N) is 2. The third-order valence-electron chi connectivity index (χ3n) is 3.57. The van der Waals surface area contributed by atoms with Gasteiger partial charge in [-0.15, -0.1) is 11.3 Å². The number of amides is 2. The Hall–Kier alpha value is -3.73. The smallest absolute Gasteiger partial charge is 0.273 e. The van der Waals surface area contributed by atoms with Crippen molar-refractivity contribution in [2.45, 2.75) is 13.5 Å². The summed E-state index contributed by atoms with van der Waals surface area (Å²) in [7, 11) is 0. The highest BCUT2D eigenvalue weighted by atomic mass is 32.1. The van der Waals surface area contributed by atoms with Crippen molar-refractivity contribution in [2.75, 3.05) is 11.9 Å². The van der Waals surface area contributed by atoms with Crippen LogP contribution in [0.3, 0.4) is 0 Å². The van der Waals surface area contributed by atoms with Crippen LogP contribution in [0.2, 0.25) is 0 Å². The van der Waals surface area contributed by atoms with Crippen molar-refractivity contribution in [3.8, 4) is 17.2 Å². The third-order valence-corrected chi connectivity index (χ3v) is 4.33. The van der Waals surface area contributed by atoms with Crippen molar-refractivity contribution in [3.05, 3.63) is 57.7 Å². The molecule has 0 saturated heterocycles. The summed E-state index contributed by atoms with van der Waals surface area (Å²) in [6.45, 7) is 1.37. The number of anilines is 1. The number of furan rings is 1. The molecule has 10 nitrogen and oxygen atoms in total. The first kappa shape index (κ1) is 20.0. The van der Waals surface area contributed by atoms with Crippen LogP contribution in [0.1, 0.15) is 12.7 Å². The number of nitro groups is 1. The van der Waals surface area contributed by atoms with Gasteiger partial charge in [-0.25, -0.2) is 4.98 Å². The van der Waals surface area contributed by atoms with E-state index in [9.17, 15) is 19.7 Å². The maximum Gasteiger partial charge on any atom is 0.273 e. The lowest BCUT2D eigenvalue weighted by molar-refractivity contribution is -0.384. The molecule has 0 atom stereocenters. The van der Waals surface area contributed by atoms with Crippen molar-refractivity contribution in [3.63, 3.8) is 0 Å². The molecule has 0 saturated carbocycles. The Morgan fingerprint density at radius 1 is 1.31 bits per heavy atom. The number of thiazole rings is 1. The van der Waals surface area contributed by atoms with Gasteiger partial charge in [-0.3, -0.25) is 25.0 Å². The zero-order valence-corrected chi connectivity index (χ0v) is 16.0. The van der Waals surface area contributed by atoms with Gasteiger partial charge in [0.15, 0.2) is 17.5 Å². The summed E-state index contributed by atoms with van der Waals surface area (Å²) in [5.41, 5.74) is 0.419. The molecule has 0 radical (unpaired) electrons. The first-order chi connectivity index (χ1) is 13.9. The van der Waals surface area contributed by atoms with Crippen molar-refractivity contribution < 1.29 is 23.7 Å². The third kappa shape index (κ3) is 5.62. The fraction of sp³-hybridized carbons (Fsp3) is 0.167. The van der Waals surface area contributed by atoms with Crippen LogP contribution < -0.4 is 15.4 Å². The van der Waals surface area contributed by atoms with Crippen LogP contribution in [-0.2, 0) is 16.1 Å². The molecule has 2 aromatic heterocycles. The summed E-state index contributed by atoms with van der Waals surface area (Å²) in [6, 6.07) is 9.03. The quantitative estimate of drug-likeness (QED) is 0.425. The van der Waals surface area contributed by atoms with Gasteiger partial charge < -0.3 is 14.5 Å². The number of rotatable bonds is 8. The summed E-state index contributed by atoms with van der Waals surface area (Å²) in [5, 5.41) is 18.1. The van der Waals surface area contributed by atoms with Crippen LogP contribution in [0, 0.1) is 10.1 Å². The van der Waals surface area contributed by atoms with Gasteiger partial charge in [0.05, 0.1) is 17.5 Å². The van der Waals surface area contributed by atoms with Gasteiger partial charge in [-0.1, -0.05) is 6.07 Å². The number of aromatic nitrogens is 1. The SMILES string of the molecule is CC(=O)NCc1ccc(-c2csc(NC(=O)COc3cccc([N+](=O)[O-])c3)n2)o1. The Labute approximate surface area is 168 Å². The maximum absolute atomic E-state index is 12.0. The van der Waals surface area contributed by atoms with Crippen LogP contribution in [0.5, 0.6) is 5.75 Å². The Bertz CT molecular complexity index is 1040. The summed E-state index contributed by atoms with van der Waals surface area (Å²) >= 11 is 1.21. The van der Waals surface area contributed by atoms with E-state index in [1.165, 1.54) is 42.5 Å². The van der Waals surface area contributed by atoms with E-state index in [-0.39, 0.29) is 30.5 Å². The first-order valence-corrected chi connectivity index (χ1v) is 9.25. The summed E-state index contributed by atoms with van der Waals surface area (Å²) in [4.78, 5) is 37.5. The van der Waals surface area contributed by atoms with Crippen molar-refractivity contribution in [2.24, 2.45) is 0 Å². The Kier molecular flexibility index (Phi) is 6.19. The second-order valence-corrected chi connectivity index (χ2v) is 6.66. The highest BCUT2D eigenvalue weighted by Crippen LogP contribution is 2.26. The van der Waals surface area contributed by atoms with E-state index in [4.69, 9.17) is 9.15 Å². The predicted molar refractivity (Wildman–Crippen MR) is 105 cm³/mol. The van der Waals surface area contributed by atoms with Gasteiger partial charge in [0.1, 0.15) is 17.2 Å². The van der Waals surface area contributed by atoms with E-state index < -0.39 is 10.8 Å². The standard InChI is InChI=1S/C18H16N4O6S/c1-11(23)19-8-14-5-6-16(28-14)15-10-29-18(20-15)21-17(24)9-27-13-4-2-3-12(7-13)22(25)26/h2-7,10H,8-9H2,1H3,(H,19,23)(H,20,21,24). The van der Waals surface area contributed by atoms with Crippen molar-refractivity contribution in [1.29, 1.82) is 0 Å². The highest BCUT2D eigenvalue weighted by molar-refractivity contribution is 7.14. The van der Waals surface area contributed by atoms with Gasteiger partial charge in [-0.05, 0) is 18.2 Å². The second kappa shape index (κ2) is 8.97. The lowest BCUT2D eigenvalue weighted by Gasteiger charge is -2.05. The van der Waals surface area contributed by atoms with E-state index in [0.717, 1.165) is 0 Å². The van der Waals surface area contributed by atoms with E-state index in [2.05, 4.69) is 15.6 Å². The Morgan fingerprint density at radius 3 is 2.90 bits per heavy atom. The van der Waals surface area contributed by atoms with Crippen LogP contribution >= 0.6 is 11.3 Å². The molecule has 0 spiro atoms. The first-order valence-electron chi connectivity index (χ1n) is 8.37. The predicted octanol–water partition coefficient (Wildman–Crippen LogP) is 2.96. The number of non-ortho nitro benzene ring substituents is 1. The second-order valence-electron chi connectivity index (χ2n) is 5.80. The fourth-order valence-corrected chi connectivity index (χ4v) is 2.97. The van der Waals surface area contributed by atoms with E-state index in [1.807, 2.05) is 0 Å². The summed E-state index contributed by atoms with van der Waals surface area (Å²) in [5.74, 6) is 0.697. The minimum atomic E-state index is -0.541. The monoisotopic (exact) mass is 416 g/mol.